The molecule has 0 rings (SSSR count). The van der Waals surface area contributed by atoms with Crippen molar-refractivity contribution < 1.29 is 19.1 Å². The van der Waals surface area contributed by atoms with Crippen LogP contribution in [0.5, 0.6) is 0 Å². The molecule has 1 atom stereocenters. The summed E-state index contributed by atoms with van der Waals surface area (Å²) in [4.78, 5) is 22.2. The van der Waals surface area contributed by atoms with Crippen LogP contribution in [0.2, 0.25) is 0 Å². The molecule has 0 fully saturated rings. The van der Waals surface area contributed by atoms with Crippen molar-refractivity contribution in [1.29, 1.82) is 0 Å². The average molecular weight is 216 g/mol. The van der Waals surface area contributed by atoms with E-state index in [-0.39, 0.29) is 30.9 Å². The quantitative estimate of drug-likeness (QED) is 0.611. The molecule has 1 unspecified atom stereocenters. The molecule has 0 aromatic rings. The summed E-state index contributed by atoms with van der Waals surface area (Å²) in [6.07, 6.45) is 1.71. The fourth-order valence-corrected chi connectivity index (χ4v) is 0.859. The first-order chi connectivity index (χ1) is 7.10. The molecule has 0 saturated carbocycles. The number of carbonyl (C=O) groups is 2. The Hall–Kier alpha value is -1.06. The summed E-state index contributed by atoms with van der Waals surface area (Å²) in [6.45, 7) is 6.10. The van der Waals surface area contributed by atoms with E-state index in [1.54, 1.807) is 0 Å². The van der Waals surface area contributed by atoms with E-state index in [4.69, 9.17) is 9.47 Å². The highest BCUT2D eigenvalue weighted by atomic mass is 16.5. The fourth-order valence-electron chi connectivity index (χ4n) is 0.859. The first-order valence-electron chi connectivity index (χ1n) is 5.45. The molecule has 0 aromatic carbocycles. The highest BCUT2D eigenvalue weighted by Crippen LogP contribution is 2.01. The van der Waals surface area contributed by atoms with Crippen molar-refractivity contribution in [3.8, 4) is 0 Å². The number of hydrogen-bond acceptors (Lipinski definition) is 4. The van der Waals surface area contributed by atoms with Crippen LogP contribution in [0.15, 0.2) is 0 Å². The molecular formula is C11H20O4. The van der Waals surface area contributed by atoms with E-state index in [9.17, 15) is 9.59 Å². The summed E-state index contributed by atoms with van der Waals surface area (Å²) in [5.41, 5.74) is 0. The van der Waals surface area contributed by atoms with Gasteiger partial charge in [0.1, 0.15) is 0 Å². The maximum absolute atomic E-state index is 11.2. The average Bonchev–Trinajstić information content (AvgIpc) is 2.23. The third-order valence-corrected chi connectivity index (χ3v) is 1.91. The van der Waals surface area contributed by atoms with Crippen molar-refractivity contribution in [1.82, 2.24) is 0 Å². The molecule has 0 aliphatic rings. The van der Waals surface area contributed by atoms with Crippen LogP contribution in [0.4, 0.5) is 0 Å². The molecule has 0 bridgehead atoms. The number of esters is 2. The smallest absolute Gasteiger partial charge is 0.306 e. The van der Waals surface area contributed by atoms with E-state index < -0.39 is 0 Å². The van der Waals surface area contributed by atoms with Gasteiger partial charge in [-0.05, 0) is 19.8 Å². The van der Waals surface area contributed by atoms with Gasteiger partial charge in [-0.25, -0.2) is 0 Å². The zero-order valence-electron chi connectivity index (χ0n) is 9.75. The fraction of sp³-hybridized carbons (Fsp3) is 0.818. The lowest BCUT2D eigenvalue weighted by Gasteiger charge is -2.10. The van der Waals surface area contributed by atoms with Crippen LogP contribution >= 0.6 is 0 Å². The van der Waals surface area contributed by atoms with E-state index in [1.807, 2.05) is 20.8 Å². The van der Waals surface area contributed by atoms with Gasteiger partial charge in [0.05, 0.1) is 25.6 Å². The molecule has 15 heavy (non-hydrogen) atoms. The normalized spacial score (nSPS) is 11.9. The summed E-state index contributed by atoms with van der Waals surface area (Å²) in [6, 6.07) is 0. The molecule has 0 N–H and O–H groups in total. The Balaban J connectivity index is 3.57. The second-order valence-corrected chi connectivity index (χ2v) is 3.43. The van der Waals surface area contributed by atoms with Gasteiger partial charge in [0.25, 0.3) is 0 Å². The Labute approximate surface area is 90.9 Å². The maximum Gasteiger partial charge on any atom is 0.306 e. The van der Waals surface area contributed by atoms with Gasteiger partial charge in [-0.1, -0.05) is 13.8 Å². The Kier molecular flexibility index (Phi) is 7.68. The monoisotopic (exact) mass is 216 g/mol. The molecule has 0 radical (unpaired) electrons. The van der Waals surface area contributed by atoms with E-state index in [2.05, 4.69) is 0 Å². The van der Waals surface area contributed by atoms with Crippen LogP contribution in [-0.4, -0.2) is 24.6 Å². The standard InChI is InChI=1S/C11H20O4/c1-4-8-14-10(12)6-7-11(13)15-9(3)5-2/h9H,4-8H2,1-3H3. The molecular weight excluding hydrogens is 196 g/mol. The van der Waals surface area contributed by atoms with Crippen molar-refractivity contribution in [3.63, 3.8) is 0 Å². The molecule has 0 saturated heterocycles. The lowest BCUT2D eigenvalue weighted by molar-refractivity contribution is -0.153. The molecule has 88 valence electrons. The third kappa shape index (κ3) is 7.97. The first kappa shape index (κ1) is 13.9. The van der Waals surface area contributed by atoms with Gasteiger partial charge in [-0.15, -0.1) is 0 Å². The van der Waals surface area contributed by atoms with Crippen molar-refractivity contribution in [3.05, 3.63) is 0 Å². The predicted octanol–water partition coefficient (Wildman–Crippen LogP) is 2.06. The van der Waals surface area contributed by atoms with E-state index in [0.29, 0.717) is 6.61 Å². The van der Waals surface area contributed by atoms with Gasteiger partial charge >= 0.3 is 11.9 Å². The number of rotatable bonds is 7. The van der Waals surface area contributed by atoms with E-state index >= 15 is 0 Å². The Bertz CT molecular complexity index is 201. The van der Waals surface area contributed by atoms with Crippen molar-refractivity contribution in [2.75, 3.05) is 6.61 Å². The van der Waals surface area contributed by atoms with Gasteiger partial charge in [0, 0.05) is 0 Å². The molecule has 0 heterocycles. The van der Waals surface area contributed by atoms with E-state index in [0.717, 1.165) is 12.8 Å². The molecule has 0 aliphatic carbocycles. The zero-order chi connectivity index (χ0) is 11.7. The molecule has 0 aromatic heterocycles. The van der Waals surface area contributed by atoms with Crippen molar-refractivity contribution >= 4 is 11.9 Å². The molecule has 4 heteroatoms. The molecule has 4 nitrogen and oxygen atoms in total. The van der Waals surface area contributed by atoms with Gasteiger partial charge in [-0.2, -0.15) is 0 Å². The predicted molar refractivity (Wildman–Crippen MR) is 56.3 cm³/mol. The van der Waals surface area contributed by atoms with Gasteiger partial charge in [0.15, 0.2) is 0 Å². The maximum atomic E-state index is 11.2. The largest absolute Gasteiger partial charge is 0.466 e. The highest BCUT2D eigenvalue weighted by molar-refractivity contribution is 5.77. The van der Waals surface area contributed by atoms with Crippen LogP contribution in [0, 0.1) is 0 Å². The topological polar surface area (TPSA) is 52.6 Å². The minimum atomic E-state index is -0.335. The first-order valence-corrected chi connectivity index (χ1v) is 5.45. The minimum absolute atomic E-state index is 0.0795. The van der Waals surface area contributed by atoms with Crippen molar-refractivity contribution in [2.45, 2.75) is 52.6 Å². The molecule has 0 spiro atoms. The number of carbonyl (C=O) groups excluding carboxylic acids is 2. The lowest BCUT2D eigenvalue weighted by atomic mass is 10.3. The second kappa shape index (κ2) is 8.26. The van der Waals surface area contributed by atoms with Crippen LogP contribution < -0.4 is 0 Å². The second-order valence-electron chi connectivity index (χ2n) is 3.43. The molecule has 0 amide bonds. The Morgan fingerprint density at radius 3 is 2.27 bits per heavy atom. The van der Waals surface area contributed by atoms with Crippen LogP contribution in [0.3, 0.4) is 0 Å². The summed E-state index contributed by atoms with van der Waals surface area (Å²) in [5, 5.41) is 0. The third-order valence-electron chi connectivity index (χ3n) is 1.91. The van der Waals surface area contributed by atoms with Gasteiger partial charge in [0.2, 0.25) is 0 Å². The number of ether oxygens (including phenoxy) is 2. The van der Waals surface area contributed by atoms with Gasteiger partial charge in [-0.3, -0.25) is 9.59 Å². The van der Waals surface area contributed by atoms with E-state index in [1.165, 1.54) is 0 Å². The van der Waals surface area contributed by atoms with Crippen LogP contribution in [0.1, 0.15) is 46.5 Å². The lowest BCUT2D eigenvalue weighted by Crippen LogP contribution is -2.15. The minimum Gasteiger partial charge on any atom is -0.466 e. The summed E-state index contributed by atoms with van der Waals surface area (Å²) in [5.74, 6) is -0.671. The highest BCUT2D eigenvalue weighted by Gasteiger charge is 2.10. The zero-order valence-corrected chi connectivity index (χ0v) is 9.75. The Morgan fingerprint density at radius 2 is 1.73 bits per heavy atom. The Morgan fingerprint density at radius 1 is 1.13 bits per heavy atom. The SMILES string of the molecule is CCCOC(=O)CCC(=O)OC(C)CC. The van der Waals surface area contributed by atoms with Gasteiger partial charge < -0.3 is 9.47 Å². The summed E-state index contributed by atoms with van der Waals surface area (Å²) >= 11 is 0. The molecule has 0 aliphatic heterocycles. The number of hydrogen-bond donors (Lipinski definition) is 0. The summed E-state index contributed by atoms with van der Waals surface area (Å²) < 4.78 is 9.83. The van der Waals surface area contributed by atoms with Crippen molar-refractivity contribution in [2.24, 2.45) is 0 Å². The van der Waals surface area contributed by atoms with Crippen LogP contribution in [-0.2, 0) is 19.1 Å². The summed E-state index contributed by atoms with van der Waals surface area (Å²) in [7, 11) is 0. The van der Waals surface area contributed by atoms with Crippen LogP contribution in [0.25, 0.3) is 0 Å².